The molecule has 2 aromatic carbocycles. The number of benzene rings is 2. The van der Waals surface area contributed by atoms with Crippen molar-refractivity contribution in [1.29, 1.82) is 0 Å². The van der Waals surface area contributed by atoms with E-state index in [-0.39, 0.29) is 30.5 Å². The number of hydrogen-bond acceptors (Lipinski definition) is 8. The van der Waals surface area contributed by atoms with Gasteiger partial charge in [-0.25, -0.2) is 4.79 Å². The molecule has 0 spiro atoms. The molecule has 1 aliphatic carbocycles. The van der Waals surface area contributed by atoms with E-state index in [4.69, 9.17) is 19.9 Å². The Morgan fingerprint density at radius 2 is 1.18 bits per heavy atom. The fraction of sp³-hybridized carbons (Fsp3) is 0.634. The maximum absolute atomic E-state index is 12.8. The van der Waals surface area contributed by atoms with Crippen molar-refractivity contribution in [3.63, 3.8) is 0 Å². The largest absolute Gasteiger partial charge is 0.468 e. The topological polar surface area (TPSA) is 129 Å². The van der Waals surface area contributed by atoms with Crippen LogP contribution in [0.2, 0.25) is 0 Å². The summed E-state index contributed by atoms with van der Waals surface area (Å²) in [4.78, 5) is 37.1. The van der Waals surface area contributed by atoms with Crippen molar-refractivity contribution in [3.8, 4) is 11.1 Å². The Morgan fingerprint density at radius 1 is 0.720 bits per heavy atom. The average molecular weight is 696 g/mol. The number of hydrogen-bond donors (Lipinski definition) is 3. The van der Waals surface area contributed by atoms with Gasteiger partial charge >= 0.3 is 18.0 Å². The van der Waals surface area contributed by atoms with Crippen molar-refractivity contribution in [3.05, 3.63) is 59.7 Å². The molecule has 0 radical (unpaired) electrons. The summed E-state index contributed by atoms with van der Waals surface area (Å²) in [5, 5.41) is 6.49. The van der Waals surface area contributed by atoms with Crippen molar-refractivity contribution in [2.75, 3.05) is 27.4 Å². The molecule has 0 bridgehead atoms. The van der Waals surface area contributed by atoms with Gasteiger partial charge in [0.2, 0.25) is 0 Å². The van der Waals surface area contributed by atoms with E-state index >= 15 is 0 Å². The molecule has 2 aromatic rings. The van der Waals surface area contributed by atoms with Crippen LogP contribution in [0.3, 0.4) is 0 Å². The molecule has 9 heteroatoms. The van der Waals surface area contributed by atoms with Gasteiger partial charge in [-0.15, -0.1) is 0 Å². The van der Waals surface area contributed by atoms with E-state index in [0.717, 1.165) is 83.5 Å². The molecule has 50 heavy (non-hydrogen) atoms. The van der Waals surface area contributed by atoms with E-state index in [0.29, 0.717) is 6.54 Å². The normalized spacial score (nSPS) is 13.0. The summed E-state index contributed by atoms with van der Waals surface area (Å²) >= 11 is 0. The van der Waals surface area contributed by atoms with Gasteiger partial charge in [-0.05, 0) is 54.4 Å². The van der Waals surface area contributed by atoms with E-state index in [1.165, 1.54) is 36.5 Å². The minimum Gasteiger partial charge on any atom is -0.468 e. The molecule has 1 aliphatic rings. The van der Waals surface area contributed by atoms with E-state index in [1.807, 2.05) is 31.2 Å². The minimum absolute atomic E-state index is 0.0245. The summed E-state index contributed by atoms with van der Waals surface area (Å²) in [6.07, 6.45) is 11.1. The molecule has 0 aliphatic heterocycles. The Morgan fingerprint density at radius 3 is 1.62 bits per heavy atom. The van der Waals surface area contributed by atoms with Gasteiger partial charge < -0.3 is 25.3 Å². The van der Waals surface area contributed by atoms with Crippen molar-refractivity contribution in [2.45, 2.75) is 141 Å². The number of carbonyl (C=O) groups is 3. The molecule has 1 atom stereocenters. The standard InChI is InChI=1S/C30H42N2O4.C11H23NO2/c1-5-8-18-30(19-9-6-2,28(33)35-4)31-20-22(7-3)32-29(34)36-21-27-25-16-12-10-14-23(25)24-15-11-13-17-26(24)27;1-4-6-8-11(12,9-7-5-2)10(13)14-3/h10-17,22,27,31H,5-9,18-21H2,1-4H3,(H,32,34);4-9,12H2,1-3H3/t22-;/m1./s1. The second-order valence-electron chi connectivity index (χ2n) is 13.6. The molecular weight excluding hydrogens is 630 g/mol. The third-order valence-electron chi connectivity index (χ3n) is 9.88. The van der Waals surface area contributed by atoms with Gasteiger partial charge in [-0.2, -0.15) is 0 Å². The van der Waals surface area contributed by atoms with Crippen LogP contribution in [0.15, 0.2) is 48.5 Å². The Kier molecular flexibility index (Phi) is 19.1. The maximum atomic E-state index is 12.8. The van der Waals surface area contributed by atoms with Gasteiger partial charge in [0.15, 0.2) is 0 Å². The SMILES string of the molecule is CCCCC(CCCC)(NC[C@@H](CC)NC(=O)OCC1c2ccccc2-c2ccccc21)C(=O)OC.CCCCC(N)(CCCC)C(=O)OC. The van der Waals surface area contributed by atoms with E-state index in [9.17, 15) is 14.4 Å². The van der Waals surface area contributed by atoms with Gasteiger partial charge in [0.1, 0.15) is 17.7 Å². The molecule has 0 saturated carbocycles. The zero-order chi connectivity index (χ0) is 37.0. The second-order valence-corrected chi connectivity index (χ2v) is 13.6. The van der Waals surface area contributed by atoms with Crippen molar-refractivity contribution >= 4 is 18.0 Å². The maximum Gasteiger partial charge on any atom is 0.407 e. The Bertz CT molecular complexity index is 1250. The van der Waals surface area contributed by atoms with Crippen LogP contribution in [0.5, 0.6) is 0 Å². The zero-order valence-electron chi connectivity index (χ0n) is 31.9. The highest BCUT2D eigenvalue weighted by Gasteiger charge is 2.38. The Hall–Kier alpha value is -3.43. The molecule has 1 amide bonds. The van der Waals surface area contributed by atoms with Crippen molar-refractivity contribution < 1.29 is 28.6 Å². The lowest BCUT2D eigenvalue weighted by atomic mass is 9.86. The summed E-state index contributed by atoms with van der Waals surface area (Å²) < 4.78 is 15.7. The van der Waals surface area contributed by atoms with Gasteiger partial charge in [-0.3, -0.25) is 14.9 Å². The smallest absolute Gasteiger partial charge is 0.407 e. The molecule has 4 N–H and O–H groups in total. The Labute approximate surface area is 301 Å². The fourth-order valence-electron chi connectivity index (χ4n) is 6.67. The molecule has 0 aromatic heterocycles. The number of nitrogens with two attached hydrogens (primary N) is 1. The quantitative estimate of drug-likeness (QED) is 0.0877. The van der Waals surface area contributed by atoms with E-state index in [1.54, 1.807) is 0 Å². The highest BCUT2D eigenvalue weighted by Crippen LogP contribution is 2.44. The van der Waals surface area contributed by atoms with Crippen LogP contribution in [-0.2, 0) is 23.8 Å². The predicted molar refractivity (Wildman–Crippen MR) is 202 cm³/mol. The lowest BCUT2D eigenvalue weighted by molar-refractivity contribution is -0.150. The number of rotatable bonds is 21. The van der Waals surface area contributed by atoms with Crippen molar-refractivity contribution in [2.24, 2.45) is 5.73 Å². The fourth-order valence-corrected chi connectivity index (χ4v) is 6.67. The number of carbonyl (C=O) groups excluding carboxylic acids is 3. The van der Waals surface area contributed by atoms with Crippen LogP contribution < -0.4 is 16.4 Å². The minimum atomic E-state index is -0.749. The number of amides is 1. The van der Waals surface area contributed by atoms with Crippen LogP contribution in [-0.4, -0.2) is 62.5 Å². The highest BCUT2D eigenvalue weighted by atomic mass is 16.5. The van der Waals surface area contributed by atoms with Gasteiger partial charge in [0.05, 0.1) is 14.2 Å². The van der Waals surface area contributed by atoms with Gasteiger partial charge in [0.25, 0.3) is 0 Å². The number of nitrogens with one attached hydrogen (secondary N) is 2. The second kappa shape index (κ2) is 22.4. The molecule has 0 heterocycles. The Balaban J connectivity index is 0.000000523. The molecule has 9 nitrogen and oxygen atoms in total. The van der Waals surface area contributed by atoms with Crippen LogP contribution in [0.25, 0.3) is 11.1 Å². The van der Waals surface area contributed by atoms with Crippen LogP contribution in [0, 0.1) is 0 Å². The first-order valence-corrected chi connectivity index (χ1v) is 18.9. The molecule has 0 unspecified atom stereocenters. The molecule has 280 valence electrons. The summed E-state index contributed by atoms with van der Waals surface area (Å²) in [6, 6.07) is 16.4. The first-order chi connectivity index (χ1) is 24.1. The highest BCUT2D eigenvalue weighted by molar-refractivity contribution is 5.81. The molecule has 0 saturated heterocycles. The van der Waals surface area contributed by atoms with Crippen LogP contribution in [0.4, 0.5) is 4.79 Å². The molecule has 3 rings (SSSR count). The first kappa shape index (κ1) is 42.7. The first-order valence-electron chi connectivity index (χ1n) is 18.9. The van der Waals surface area contributed by atoms with E-state index in [2.05, 4.69) is 62.6 Å². The number of unbranched alkanes of at least 4 members (excludes halogenated alkanes) is 4. The number of esters is 2. The number of ether oxygens (including phenoxy) is 3. The third kappa shape index (κ3) is 12.1. The summed E-state index contributed by atoms with van der Waals surface area (Å²) in [5.74, 6) is -0.462. The third-order valence-corrected chi connectivity index (χ3v) is 9.88. The number of fused-ring (bicyclic) bond motifs is 3. The average Bonchev–Trinajstić information content (AvgIpc) is 3.47. The summed E-state index contributed by atoms with van der Waals surface area (Å²) in [7, 11) is 2.85. The predicted octanol–water partition coefficient (Wildman–Crippen LogP) is 8.42. The van der Waals surface area contributed by atoms with Gasteiger partial charge in [0, 0.05) is 18.5 Å². The van der Waals surface area contributed by atoms with Gasteiger partial charge in [-0.1, -0.05) is 135 Å². The lowest BCUT2D eigenvalue weighted by Gasteiger charge is -2.34. The number of methoxy groups -OCH3 is 2. The lowest BCUT2D eigenvalue weighted by Crippen LogP contribution is -2.56. The monoisotopic (exact) mass is 695 g/mol. The zero-order valence-corrected chi connectivity index (χ0v) is 31.9. The molecule has 0 fully saturated rings. The number of alkyl carbamates (subject to hydrolysis) is 1. The summed E-state index contributed by atoms with van der Waals surface area (Å²) in [6.45, 7) is 11.2. The van der Waals surface area contributed by atoms with Crippen LogP contribution >= 0.6 is 0 Å². The summed E-state index contributed by atoms with van der Waals surface area (Å²) in [5.41, 5.74) is 9.36. The van der Waals surface area contributed by atoms with E-state index < -0.39 is 17.2 Å². The van der Waals surface area contributed by atoms with Crippen LogP contribution in [0.1, 0.15) is 135 Å². The van der Waals surface area contributed by atoms with Crippen molar-refractivity contribution in [1.82, 2.24) is 10.6 Å². The molecular formula is C41H65N3O6.